The van der Waals surface area contributed by atoms with E-state index in [2.05, 4.69) is 0 Å². The van der Waals surface area contributed by atoms with Crippen LogP contribution in [0.15, 0.2) is 0 Å². The van der Waals surface area contributed by atoms with Gasteiger partial charge < -0.3 is 0 Å². The number of hydrogen-bond donors (Lipinski definition) is 0. The number of carbonyl (C=O) groups is 1. The van der Waals surface area contributed by atoms with Crippen LogP contribution in [-0.2, 0) is 4.79 Å². The van der Waals surface area contributed by atoms with Crippen LogP contribution in [0.1, 0.15) is 19.3 Å². The third-order valence-corrected chi connectivity index (χ3v) is 1.27. The van der Waals surface area contributed by atoms with Crippen molar-refractivity contribution in [3.63, 3.8) is 0 Å². The molecule has 0 aromatic carbocycles. The molecular formula is C5H8FNO. The summed E-state index contributed by atoms with van der Waals surface area (Å²) in [6.45, 7) is 0.291. The molecule has 1 saturated heterocycles. The Labute approximate surface area is 47.2 Å². The molecule has 1 fully saturated rings. The minimum Gasteiger partial charge on any atom is -0.272 e. The molecule has 1 rings (SSSR count). The number of nitrogens with zero attached hydrogens (tertiary/aromatic N) is 1. The zero-order chi connectivity index (χ0) is 5.98. The van der Waals surface area contributed by atoms with Crippen molar-refractivity contribution >= 4 is 5.91 Å². The maximum Gasteiger partial charge on any atom is 0.250 e. The highest BCUT2D eigenvalue weighted by Crippen LogP contribution is 2.09. The van der Waals surface area contributed by atoms with E-state index in [1.54, 1.807) is 0 Å². The number of hydrogen-bond acceptors (Lipinski definition) is 1. The fraction of sp³-hybridized carbons (Fsp3) is 0.800. The molecule has 0 aromatic rings. The average molecular weight is 117 g/mol. The van der Waals surface area contributed by atoms with E-state index < -0.39 is 0 Å². The van der Waals surface area contributed by atoms with Gasteiger partial charge in [-0.25, -0.2) is 0 Å². The van der Waals surface area contributed by atoms with E-state index in [0.717, 1.165) is 12.8 Å². The van der Waals surface area contributed by atoms with Crippen molar-refractivity contribution in [2.24, 2.45) is 0 Å². The van der Waals surface area contributed by atoms with E-state index in [-0.39, 0.29) is 5.91 Å². The Hall–Kier alpha value is -0.600. The van der Waals surface area contributed by atoms with Crippen molar-refractivity contribution in [3.8, 4) is 0 Å². The van der Waals surface area contributed by atoms with E-state index >= 15 is 0 Å². The lowest BCUT2D eigenvalue weighted by atomic mass is 10.2. The SMILES string of the molecule is O=C1CCCCN1F. The first-order valence-corrected chi connectivity index (χ1v) is 2.77. The molecule has 1 aliphatic heterocycles. The second-order valence-corrected chi connectivity index (χ2v) is 1.94. The third-order valence-electron chi connectivity index (χ3n) is 1.27. The van der Waals surface area contributed by atoms with Crippen LogP contribution in [0, 0.1) is 0 Å². The van der Waals surface area contributed by atoms with Gasteiger partial charge in [-0.15, -0.1) is 0 Å². The number of halogens is 1. The summed E-state index contributed by atoms with van der Waals surface area (Å²) in [5.41, 5.74) is 0. The van der Waals surface area contributed by atoms with Gasteiger partial charge in [0.25, 0.3) is 0 Å². The maximum atomic E-state index is 12.1. The zero-order valence-electron chi connectivity index (χ0n) is 4.56. The lowest BCUT2D eigenvalue weighted by molar-refractivity contribution is -0.149. The van der Waals surface area contributed by atoms with Gasteiger partial charge in [-0.1, -0.05) is 4.48 Å². The third kappa shape index (κ3) is 0.967. The molecule has 2 nitrogen and oxygen atoms in total. The first-order valence-electron chi connectivity index (χ1n) is 2.77. The highest BCUT2D eigenvalue weighted by atomic mass is 19.2. The van der Waals surface area contributed by atoms with Gasteiger partial charge in [0, 0.05) is 6.42 Å². The van der Waals surface area contributed by atoms with E-state index in [4.69, 9.17) is 0 Å². The first-order chi connectivity index (χ1) is 3.80. The Morgan fingerprint density at radius 2 is 2.25 bits per heavy atom. The molecule has 0 aliphatic carbocycles. The Morgan fingerprint density at radius 1 is 1.50 bits per heavy atom. The minimum atomic E-state index is -0.365. The van der Waals surface area contributed by atoms with Gasteiger partial charge >= 0.3 is 0 Å². The largest absolute Gasteiger partial charge is 0.272 e. The summed E-state index contributed by atoms with van der Waals surface area (Å²) in [5.74, 6) is -0.365. The molecule has 46 valence electrons. The smallest absolute Gasteiger partial charge is 0.250 e. The monoisotopic (exact) mass is 117 g/mol. The Bertz CT molecular complexity index is 105. The summed E-state index contributed by atoms with van der Waals surface area (Å²) < 4.78 is 12.1. The molecule has 0 radical (unpaired) electrons. The number of carbonyl (C=O) groups excluding carboxylic acids is 1. The summed E-state index contributed by atoms with van der Waals surface area (Å²) in [4.78, 5) is 10.3. The van der Waals surface area contributed by atoms with Crippen LogP contribution in [0.5, 0.6) is 0 Å². The van der Waals surface area contributed by atoms with Gasteiger partial charge in [0.15, 0.2) is 0 Å². The molecule has 8 heavy (non-hydrogen) atoms. The van der Waals surface area contributed by atoms with Crippen LogP contribution in [0.3, 0.4) is 0 Å². The van der Waals surface area contributed by atoms with E-state index in [1.165, 1.54) is 0 Å². The molecule has 0 N–H and O–H groups in total. The van der Waals surface area contributed by atoms with Crippen molar-refractivity contribution in [2.75, 3.05) is 6.54 Å². The van der Waals surface area contributed by atoms with Crippen LogP contribution in [0.25, 0.3) is 0 Å². The van der Waals surface area contributed by atoms with Crippen LogP contribution >= 0.6 is 0 Å². The van der Waals surface area contributed by atoms with Crippen molar-refractivity contribution in [1.29, 1.82) is 0 Å². The van der Waals surface area contributed by atoms with Gasteiger partial charge in [0.2, 0.25) is 5.91 Å². The average Bonchev–Trinajstić information content (AvgIpc) is 1.77. The highest BCUT2D eigenvalue weighted by Gasteiger charge is 2.16. The first kappa shape index (κ1) is 5.54. The molecule has 1 amide bonds. The van der Waals surface area contributed by atoms with Crippen LogP contribution in [0.4, 0.5) is 4.48 Å². The summed E-state index contributed by atoms with van der Waals surface area (Å²) in [7, 11) is 0. The molecule has 0 spiro atoms. The Morgan fingerprint density at radius 3 is 2.62 bits per heavy atom. The molecule has 0 aromatic heterocycles. The Kier molecular flexibility index (Phi) is 1.46. The van der Waals surface area contributed by atoms with E-state index in [0.29, 0.717) is 18.1 Å². The summed E-state index contributed by atoms with van der Waals surface area (Å²) in [6.07, 6.45) is 2.04. The molecule has 3 heteroatoms. The predicted molar refractivity (Wildman–Crippen MR) is 26.7 cm³/mol. The van der Waals surface area contributed by atoms with Crippen LogP contribution in [0.2, 0.25) is 0 Å². The van der Waals surface area contributed by atoms with Gasteiger partial charge in [-0.3, -0.25) is 4.79 Å². The molecule has 1 aliphatic rings. The molecule has 0 saturated carbocycles. The van der Waals surface area contributed by atoms with Crippen molar-refractivity contribution in [2.45, 2.75) is 19.3 Å². The highest BCUT2D eigenvalue weighted by molar-refractivity contribution is 5.75. The zero-order valence-corrected chi connectivity index (χ0v) is 4.56. The van der Waals surface area contributed by atoms with Gasteiger partial charge in [-0.05, 0) is 12.8 Å². The second-order valence-electron chi connectivity index (χ2n) is 1.94. The quantitative estimate of drug-likeness (QED) is 0.431. The number of rotatable bonds is 0. The predicted octanol–water partition coefficient (Wildman–Crippen LogP) is 0.883. The van der Waals surface area contributed by atoms with Gasteiger partial charge in [0.1, 0.15) is 0 Å². The molecule has 0 bridgehead atoms. The van der Waals surface area contributed by atoms with E-state index in [9.17, 15) is 9.28 Å². The number of piperidine rings is 1. The van der Waals surface area contributed by atoms with Gasteiger partial charge in [-0.2, -0.15) is 5.12 Å². The molecule has 0 atom stereocenters. The number of amides is 1. The Balaban J connectivity index is 2.39. The van der Waals surface area contributed by atoms with Crippen LogP contribution < -0.4 is 0 Å². The van der Waals surface area contributed by atoms with Crippen molar-refractivity contribution < 1.29 is 9.28 Å². The second kappa shape index (κ2) is 2.11. The fourth-order valence-electron chi connectivity index (χ4n) is 0.773. The summed E-state index contributed by atoms with van der Waals surface area (Å²) >= 11 is 0. The van der Waals surface area contributed by atoms with Crippen molar-refractivity contribution in [1.82, 2.24) is 5.12 Å². The lowest BCUT2D eigenvalue weighted by Crippen LogP contribution is -2.27. The maximum absolute atomic E-state index is 12.1. The topological polar surface area (TPSA) is 20.3 Å². The molecular weight excluding hydrogens is 109 g/mol. The lowest BCUT2D eigenvalue weighted by Gasteiger charge is -2.15. The van der Waals surface area contributed by atoms with E-state index in [1.807, 2.05) is 0 Å². The normalized spacial score (nSPS) is 21.6. The molecule has 1 heterocycles. The minimum absolute atomic E-state index is 0.291. The summed E-state index contributed by atoms with van der Waals surface area (Å²) in [5, 5.41) is 0.295. The fourth-order valence-corrected chi connectivity index (χ4v) is 0.773. The summed E-state index contributed by atoms with van der Waals surface area (Å²) in [6, 6.07) is 0. The molecule has 0 unspecified atom stereocenters. The van der Waals surface area contributed by atoms with Gasteiger partial charge in [0.05, 0.1) is 6.54 Å². The van der Waals surface area contributed by atoms with Crippen LogP contribution in [-0.4, -0.2) is 17.6 Å². The van der Waals surface area contributed by atoms with Crippen molar-refractivity contribution in [3.05, 3.63) is 0 Å². The standard InChI is InChI=1S/C5H8FNO/c6-7-4-2-1-3-5(7)8/h1-4H2.